The van der Waals surface area contributed by atoms with Gasteiger partial charge < -0.3 is 9.84 Å². The molecule has 3 rings (SSSR count). The Kier molecular flexibility index (Phi) is 4.06. The van der Waals surface area contributed by atoms with E-state index >= 15 is 0 Å². The summed E-state index contributed by atoms with van der Waals surface area (Å²) in [7, 11) is 0. The maximum atomic E-state index is 11.9. The molecule has 0 radical (unpaired) electrons. The van der Waals surface area contributed by atoms with Crippen LogP contribution in [0.5, 0.6) is 0 Å². The predicted molar refractivity (Wildman–Crippen MR) is 76.8 cm³/mol. The molecule has 0 spiro atoms. The molecule has 7 nitrogen and oxygen atoms in total. The van der Waals surface area contributed by atoms with Crippen molar-refractivity contribution in [3.63, 3.8) is 0 Å². The lowest BCUT2D eigenvalue weighted by Gasteiger charge is -2.02. The predicted octanol–water partition coefficient (Wildman–Crippen LogP) is 1.81. The van der Waals surface area contributed by atoms with Gasteiger partial charge in [0.25, 0.3) is 5.91 Å². The van der Waals surface area contributed by atoms with E-state index in [4.69, 9.17) is 4.52 Å². The summed E-state index contributed by atoms with van der Waals surface area (Å²) in [5, 5.41) is 12.5. The van der Waals surface area contributed by atoms with E-state index in [-0.39, 0.29) is 5.91 Å². The minimum absolute atomic E-state index is 0.236. The summed E-state index contributed by atoms with van der Waals surface area (Å²) < 4.78 is 6.89. The van der Waals surface area contributed by atoms with Crippen LogP contribution < -0.4 is 5.32 Å². The normalized spacial score (nSPS) is 10.7. The molecule has 0 atom stereocenters. The third-order valence-electron chi connectivity index (χ3n) is 2.82. The van der Waals surface area contributed by atoms with Gasteiger partial charge in [-0.25, -0.2) is 4.98 Å². The fourth-order valence-corrected chi connectivity index (χ4v) is 2.47. The van der Waals surface area contributed by atoms with Gasteiger partial charge in [-0.1, -0.05) is 11.2 Å². The zero-order valence-corrected chi connectivity index (χ0v) is 11.9. The van der Waals surface area contributed by atoms with E-state index in [1.165, 1.54) is 17.7 Å². The Labute approximate surface area is 124 Å². The summed E-state index contributed by atoms with van der Waals surface area (Å²) in [4.78, 5) is 16.7. The molecule has 0 aromatic carbocycles. The van der Waals surface area contributed by atoms with Crippen LogP contribution in [-0.2, 0) is 6.54 Å². The van der Waals surface area contributed by atoms with Crippen molar-refractivity contribution in [3.05, 3.63) is 41.9 Å². The van der Waals surface area contributed by atoms with Crippen LogP contribution in [0.25, 0.3) is 10.6 Å². The number of aromatic nitrogens is 4. The number of aryl methyl sites for hydroxylation is 1. The van der Waals surface area contributed by atoms with Crippen LogP contribution in [-0.4, -0.2) is 32.4 Å². The van der Waals surface area contributed by atoms with Gasteiger partial charge in [0, 0.05) is 19.2 Å². The summed E-state index contributed by atoms with van der Waals surface area (Å²) in [6.07, 6.45) is 3.90. The lowest BCUT2D eigenvalue weighted by Crippen LogP contribution is -2.25. The van der Waals surface area contributed by atoms with Gasteiger partial charge in [0.1, 0.15) is 12.7 Å². The maximum Gasteiger partial charge on any atom is 0.273 e. The summed E-state index contributed by atoms with van der Waals surface area (Å²) >= 11 is 1.54. The Hall–Kier alpha value is -2.48. The molecule has 21 heavy (non-hydrogen) atoms. The minimum Gasteiger partial charge on any atom is -0.355 e. The number of rotatable bonds is 6. The fourth-order valence-electron chi connectivity index (χ4n) is 1.80. The highest BCUT2D eigenvalue weighted by Gasteiger charge is 2.13. The largest absolute Gasteiger partial charge is 0.355 e. The fraction of sp³-hybridized carbons (Fsp3) is 0.231. The van der Waals surface area contributed by atoms with Crippen molar-refractivity contribution in [2.75, 3.05) is 6.54 Å². The molecule has 0 saturated carbocycles. The van der Waals surface area contributed by atoms with Gasteiger partial charge in [0.15, 0.2) is 11.5 Å². The number of carbonyl (C=O) groups is 1. The lowest BCUT2D eigenvalue weighted by molar-refractivity contribution is 0.0943. The SMILES string of the molecule is O=C(NCCCn1cncn1)c1cc(-c2cccs2)on1. The summed E-state index contributed by atoms with van der Waals surface area (Å²) in [5.41, 5.74) is 0.291. The number of thiophene rings is 1. The van der Waals surface area contributed by atoms with E-state index in [2.05, 4.69) is 20.6 Å². The minimum atomic E-state index is -0.236. The molecule has 0 bridgehead atoms. The Morgan fingerprint density at radius 3 is 3.19 bits per heavy atom. The van der Waals surface area contributed by atoms with Crippen LogP contribution in [0.1, 0.15) is 16.9 Å². The van der Waals surface area contributed by atoms with Crippen LogP contribution in [0.4, 0.5) is 0 Å². The topological polar surface area (TPSA) is 85.8 Å². The molecule has 0 fully saturated rings. The standard InChI is InChI=1S/C13H13N5O2S/c19-13(15-4-2-5-18-9-14-8-16-18)10-7-11(20-17-10)12-3-1-6-21-12/h1,3,6-9H,2,4-5H2,(H,15,19). The third-order valence-corrected chi connectivity index (χ3v) is 3.71. The number of amides is 1. The van der Waals surface area contributed by atoms with Crippen LogP contribution in [0, 0.1) is 0 Å². The highest BCUT2D eigenvalue weighted by molar-refractivity contribution is 7.13. The average Bonchev–Trinajstić information content (AvgIpc) is 3.25. The quantitative estimate of drug-likeness (QED) is 0.702. The first-order valence-electron chi connectivity index (χ1n) is 6.44. The number of hydrogen-bond donors (Lipinski definition) is 1. The molecule has 1 N–H and O–H groups in total. The summed E-state index contributed by atoms with van der Waals surface area (Å²) in [5.74, 6) is 0.373. The number of nitrogens with one attached hydrogen (secondary N) is 1. The van der Waals surface area contributed by atoms with Crippen molar-refractivity contribution in [2.45, 2.75) is 13.0 Å². The van der Waals surface area contributed by atoms with Gasteiger partial charge in [-0.05, 0) is 17.9 Å². The molecule has 0 aliphatic rings. The zero-order valence-electron chi connectivity index (χ0n) is 11.1. The Morgan fingerprint density at radius 1 is 1.48 bits per heavy atom. The first kappa shape index (κ1) is 13.5. The Balaban J connectivity index is 1.49. The van der Waals surface area contributed by atoms with Crippen LogP contribution in [0.3, 0.4) is 0 Å². The second-order valence-electron chi connectivity index (χ2n) is 4.32. The van der Waals surface area contributed by atoms with Gasteiger partial charge in [-0.15, -0.1) is 11.3 Å². The molecule has 8 heteroatoms. The van der Waals surface area contributed by atoms with E-state index in [1.807, 2.05) is 17.5 Å². The first-order chi connectivity index (χ1) is 10.3. The Bertz CT molecular complexity index is 690. The molecule has 3 heterocycles. The van der Waals surface area contributed by atoms with Crippen LogP contribution >= 0.6 is 11.3 Å². The van der Waals surface area contributed by atoms with Crippen molar-refractivity contribution in [3.8, 4) is 10.6 Å². The molecule has 108 valence electrons. The molecular weight excluding hydrogens is 290 g/mol. The molecule has 0 aliphatic carbocycles. The number of hydrogen-bond acceptors (Lipinski definition) is 6. The van der Waals surface area contributed by atoms with E-state index < -0.39 is 0 Å². The van der Waals surface area contributed by atoms with Gasteiger partial charge in [-0.2, -0.15) is 5.10 Å². The van der Waals surface area contributed by atoms with Gasteiger partial charge in [0.05, 0.1) is 4.88 Å². The van der Waals surface area contributed by atoms with Crippen molar-refractivity contribution >= 4 is 17.2 Å². The smallest absolute Gasteiger partial charge is 0.273 e. The molecule has 1 amide bonds. The van der Waals surface area contributed by atoms with Gasteiger partial charge in [0.2, 0.25) is 0 Å². The van der Waals surface area contributed by atoms with Crippen LogP contribution in [0.15, 0.2) is 40.8 Å². The number of nitrogens with zero attached hydrogens (tertiary/aromatic N) is 4. The molecule has 0 aliphatic heterocycles. The van der Waals surface area contributed by atoms with E-state index in [0.717, 1.165) is 11.3 Å². The number of carbonyl (C=O) groups excluding carboxylic acids is 1. The van der Waals surface area contributed by atoms with E-state index in [0.29, 0.717) is 24.5 Å². The van der Waals surface area contributed by atoms with Crippen molar-refractivity contribution in [1.29, 1.82) is 0 Å². The molecule has 3 aromatic heterocycles. The van der Waals surface area contributed by atoms with Crippen LogP contribution in [0.2, 0.25) is 0 Å². The average molecular weight is 303 g/mol. The van der Waals surface area contributed by atoms with E-state index in [1.54, 1.807) is 17.1 Å². The molecule has 3 aromatic rings. The summed E-state index contributed by atoms with van der Waals surface area (Å²) in [6.45, 7) is 1.25. The highest BCUT2D eigenvalue weighted by atomic mass is 32.1. The summed E-state index contributed by atoms with van der Waals surface area (Å²) in [6, 6.07) is 5.50. The van der Waals surface area contributed by atoms with Crippen molar-refractivity contribution < 1.29 is 9.32 Å². The van der Waals surface area contributed by atoms with Crippen molar-refractivity contribution in [1.82, 2.24) is 25.2 Å². The molecule has 0 unspecified atom stereocenters. The highest BCUT2D eigenvalue weighted by Crippen LogP contribution is 2.24. The van der Waals surface area contributed by atoms with E-state index in [9.17, 15) is 4.79 Å². The second-order valence-corrected chi connectivity index (χ2v) is 5.27. The zero-order chi connectivity index (χ0) is 14.5. The third kappa shape index (κ3) is 3.34. The molecule has 0 saturated heterocycles. The van der Waals surface area contributed by atoms with Gasteiger partial charge >= 0.3 is 0 Å². The van der Waals surface area contributed by atoms with Gasteiger partial charge in [-0.3, -0.25) is 9.48 Å². The first-order valence-corrected chi connectivity index (χ1v) is 7.32. The monoisotopic (exact) mass is 303 g/mol. The second kappa shape index (κ2) is 6.31. The Morgan fingerprint density at radius 2 is 2.43 bits per heavy atom. The van der Waals surface area contributed by atoms with Crippen molar-refractivity contribution in [2.24, 2.45) is 0 Å². The maximum absolute atomic E-state index is 11.9. The molecular formula is C13H13N5O2S. The lowest BCUT2D eigenvalue weighted by atomic mass is 10.3.